The van der Waals surface area contributed by atoms with Gasteiger partial charge in [0.25, 0.3) is 5.91 Å². The van der Waals surface area contributed by atoms with E-state index < -0.39 is 11.9 Å². The molecule has 0 radical (unpaired) electrons. The smallest absolute Gasteiger partial charge is 0.343 e. The highest BCUT2D eigenvalue weighted by Crippen LogP contribution is 2.24. The highest BCUT2D eigenvalue weighted by Gasteiger charge is 2.34. The van der Waals surface area contributed by atoms with E-state index in [1.165, 1.54) is 5.06 Å². The summed E-state index contributed by atoms with van der Waals surface area (Å²) >= 11 is 0. The van der Waals surface area contributed by atoms with Crippen LogP contribution in [-0.2, 0) is 9.63 Å². The third-order valence-corrected chi connectivity index (χ3v) is 4.34. The second kappa shape index (κ2) is 7.20. The number of carbonyl (C=O) groups excluding carboxylic acids is 2. The van der Waals surface area contributed by atoms with Gasteiger partial charge in [-0.3, -0.25) is 10.2 Å². The lowest BCUT2D eigenvalue weighted by molar-refractivity contribution is -0.114. The Morgan fingerprint density at radius 2 is 1.93 bits per heavy atom. The van der Waals surface area contributed by atoms with Gasteiger partial charge >= 0.3 is 5.97 Å². The Morgan fingerprint density at radius 3 is 2.66 bits per heavy atom. The summed E-state index contributed by atoms with van der Waals surface area (Å²) in [5.74, 6) is 0.205. The second-order valence-corrected chi connectivity index (χ2v) is 6.65. The maximum atomic E-state index is 12.3. The lowest BCUT2D eigenvalue weighted by Crippen LogP contribution is -2.38. The quantitative estimate of drug-likeness (QED) is 0.493. The molecule has 0 aromatic heterocycles. The summed E-state index contributed by atoms with van der Waals surface area (Å²) in [5.41, 5.74) is 2.22. The second-order valence-electron chi connectivity index (χ2n) is 6.65. The molecule has 144 valence electrons. The third kappa shape index (κ3) is 3.70. The number of aliphatic imine (C=N–C) groups is 1. The van der Waals surface area contributed by atoms with Gasteiger partial charge < -0.3 is 9.57 Å². The van der Waals surface area contributed by atoms with E-state index in [2.05, 4.69) is 4.99 Å². The number of nitrogens with one attached hydrogen (secondary N) is 1. The molecule has 0 bridgehead atoms. The van der Waals surface area contributed by atoms with E-state index in [9.17, 15) is 9.59 Å². The number of esters is 1. The number of carbonyl (C=O) groups is 2. The Bertz CT molecular complexity index is 1130. The molecule has 0 fully saturated rings. The topological polar surface area (TPSA) is 92.0 Å². The molecule has 0 atom stereocenters. The summed E-state index contributed by atoms with van der Waals surface area (Å²) < 4.78 is 5.39. The van der Waals surface area contributed by atoms with E-state index >= 15 is 0 Å². The SMILES string of the molecule is CC1=CC2=NC(=O)/C(=C/c3ccc(OC(=O)c4cccc(C)c4)cc3)C(=N)N2O1. The molecule has 1 N–H and O–H groups in total. The predicted molar refractivity (Wildman–Crippen MR) is 107 cm³/mol. The number of rotatable bonds is 3. The van der Waals surface area contributed by atoms with Gasteiger partial charge in [-0.1, -0.05) is 29.8 Å². The van der Waals surface area contributed by atoms with Crippen LogP contribution in [0.1, 0.15) is 28.4 Å². The van der Waals surface area contributed by atoms with Crippen LogP contribution in [0.2, 0.25) is 0 Å². The number of ether oxygens (including phenoxy) is 1. The molecule has 2 aliphatic rings. The van der Waals surface area contributed by atoms with Crippen LogP contribution in [0.5, 0.6) is 5.75 Å². The van der Waals surface area contributed by atoms with Gasteiger partial charge in [-0.05, 0) is 49.8 Å². The fraction of sp³-hybridized carbons (Fsp3) is 0.0909. The summed E-state index contributed by atoms with van der Waals surface area (Å²) in [7, 11) is 0. The highest BCUT2D eigenvalue weighted by molar-refractivity contribution is 6.32. The van der Waals surface area contributed by atoms with Gasteiger partial charge in [0.2, 0.25) is 0 Å². The number of hydrogen-bond acceptors (Lipinski definition) is 5. The first-order chi connectivity index (χ1) is 13.9. The minimum Gasteiger partial charge on any atom is -0.423 e. The molecule has 7 heteroatoms. The van der Waals surface area contributed by atoms with E-state index in [-0.39, 0.29) is 11.4 Å². The Balaban J connectivity index is 1.51. The van der Waals surface area contributed by atoms with Gasteiger partial charge in [0.15, 0.2) is 11.7 Å². The first-order valence-corrected chi connectivity index (χ1v) is 8.90. The summed E-state index contributed by atoms with van der Waals surface area (Å²) in [5, 5.41) is 9.43. The standard InChI is InChI=1S/C22H17N3O4/c1-13-4-3-5-16(10-13)22(27)28-17-8-6-15(7-9-17)12-18-20(23)25-19(24-21(18)26)11-14(2)29-25/h3-12,23H,1-2H3/b18-12+,23-20?. The third-order valence-electron chi connectivity index (χ3n) is 4.34. The Hall–Kier alpha value is -4.00. The van der Waals surface area contributed by atoms with Crippen LogP contribution in [0.4, 0.5) is 0 Å². The van der Waals surface area contributed by atoms with Crippen molar-refractivity contribution >= 4 is 29.6 Å². The molecule has 0 spiro atoms. The summed E-state index contributed by atoms with van der Waals surface area (Å²) in [6.45, 7) is 3.62. The van der Waals surface area contributed by atoms with E-state index in [0.29, 0.717) is 28.5 Å². The molecule has 0 aliphatic carbocycles. The van der Waals surface area contributed by atoms with Crippen LogP contribution in [0.25, 0.3) is 6.08 Å². The van der Waals surface area contributed by atoms with Crippen molar-refractivity contribution in [3.63, 3.8) is 0 Å². The van der Waals surface area contributed by atoms with Gasteiger partial charge in [-0.2, -0.15) is 4.99 Å². The van der Waals surface area contributed by atoms with Gasteiger partial charge in [-0.25, -0.2) is 4.79 Å². The van der Waals surface area contributed by atoms with Gasteiger partial charge in [0.1, 0.15) is 11.5 Å². The maximum Gasteiger partial charge on any atom is 0.343 e. The van der Waals surface area contributed by atoms with Crippen LogP contribution in [-0.4, -0.2) is 28.6 Å². The van der Waals surface area contributed by atoms with E-state index in [0.717, 1.165) is 5.56 Å². The zero-order valence-corrected chi connectivity index (χ0v) is 15.8. The van der Waals surface area contributed by atoms with Crippen LogP contribution in [0.3, 0.4) is 0 Å². The fourth-order valence-corrected chi connectivity index (χ4v) is 2.94. The fourth-order valence-electron chi connectivity index (χ4n) is 2.94. The zero-order valence-electron chi connectivity index (χ0n) is 15.8. The van der Waals surface area contributed by atoms with Crippen LogP contribution in [0.15, 0.2) is 70.9 Å². The monoisotopic (exact) mass is 387 g/mol. The maximum absolute atomic E-state index is 12.3. The number of benzene rings is 2. The first-order valence-electron chi connectivity index (χ1n) is 8.90. The van der Waals surface area contributed by atoms with Gasteiger partial charge in [0, 0.05) is 6.08 Å². The number of allylic oxidation sites excluding steroid dienone is 1. The minimum absolute atomic E-state index is 0.0805. The van der Waals surface area contributed by atoms with Crippen molar-refractivity contribution in [2.45, 2.75) is 13.8 Å². The molecular formula is C22H17N3O4. The average molecular weight is 387 g/mol. The number of amides is 1. The molecule has 29 heavy (non-hydrogen) atoms. The van der Waals surface area contributed by atoms with Gasteiger partial charge in [0.05, 0.1) is 11.1 Å². The number of fused-ring (bicyclic) bond motifs is 1. The van der Waals surface area contributed by atoms with Crippen LogP contribution in [0, 0.1) is 12.3 Å². The average Bonchev–Trinajstić information content (AvgIpc) is 3.06. The number of nitrogens with zero attached hydrogens (tertiary/aromatic N) is 2. The molecule has 1 amide bonds. The summed E-state index contributed by atoms with van der Waals surface area (Å²) in [4.78, 5) is 33.9. The van der Waals surface area contributed by atoms with E-state index in [1.54, 1.807) is 61.5 Å². The molecule has 0 saturated heterocycles. The van der Waals surface area contributed by atoms with E-state index in [4.69, 9.17) is 15.0 Å². The van der Waals surface area contributed by atoms with Crippen molar-refractivity contribution in [1.29, 1.82) is 5.41 Å². The van der Waals surface area contributed by atoms with Crippen molar-refractivity contribution in [2.24, 2.45) is 4.99 Å². The van der Waals surface area contributed by atoms with Gasteiger partial charge in [-0.15, -0.1) is 5.06 Å². The highest BCUT2D eigenvalue weighted by atomic mass is 16.7. The first kappa shape index (κ1) is 18.4. The molecule has 2 aliphatic heterocycles. The summed E-state index contributed by atoms with van der Waals surface area (Å²) in [6.07, 6.45) is 3.15. The zero-order chi connectivity index (χ0) is 20.5. The molecule has 2 aromatic carbocycles. The van der Waals surface area contributed by atoms with E-state index in [1.807, 2.05) is 13.0 Å². The predicted octanol–water partition coefficient (Wildman–Crippen LogP) is 3.66. The molecule has 2 heterocycles. The Kier molecular flexibility index (Phi) is 4.56. The number of aryl methyl sites for hydroxylation is 1. The van der Waals surface area contributed by atoms with Crippen molar-refractivity contribution in [2.75, 3.05) is 0 Å². The number of hydroxylamine groups is 2. The van der Waals surface area contributed by atoms with Crippen molar-refractivity contribution in [3.8, 4) is 5.75 Å². The van der Waals surface area contributed by atoms with Crippen molar-refractivity contribution in [1.82, 2.24) is 5.06 Å². The van der Waals surface area contributed by atoms with Crippen molar-refractivity contribution in [3.05, 3.63) is 82.6 Å². The Labute approximate surface area is 167 Å². The van der Waals surface area contributed by atoms with Crippen molar-refractivity contribution < 1.29 is 19.2 Å². The lowest BCUT2D eigenvalue weighted by Gasteiger charge is -2.22. The largest absolute Gasteiger partial charge is 0.423 e. The molecule has 7 nitrogen and oxygen atoms in total. The molecular weight excluding hydrogens is 370 g/mol. The summed E-state index contributed by atoms with van der Waals surface area (Å²) in [6, 6.07) is 13.8. The lowest BCUT2D eigenvalue weighted by atomic mass is 10.1. The molecule has 0 saturated carbocycles. The number of hydrogen-bond donors (Lipinski definition) is 1. The minimum atomic E-state index is -0.509. The van der Waals surface area contributed by atoms with Crippen LogP contribution < -0.4 is 4.74 Å². The number of amidine groups is 2. The normalized spacial score (nSPS) is 16.9. The molecule has 0 unspecified atom stereocenters. The Morgan fingerprint density at radius 1 is 1.17 bits per heavy atom. The molecule has 4 rings (SSSR count). The molecule has 2 aromatic rings. The van der Waals surface area contributed by atoms with Crippen LogP contribution >= 0.6 is 0 Å².